The first-order chi connectivity index (χ1) is 36.9. The van der Waals surface area contributed by atoms with Crippen LogP contribution in [0.5, 0.6) is 11.5 Å². The fourth-order valence-electron chi connectivity index (χ4n) is 11.7. The molecule has 0 fully saturated rings. The Kier molecular flexibility index (Phi) is 13.1. The smallest absolute Gasteiger partial charge is 0.135 e. The fraction of sp³-hybridized carbons (Fsp3) is 0.260. The Balaban J connectivity index is 0.00000660. The average Bonchev–Trinajstić information content (AvgIpc) is 2.86. The van der Waals surface area contributed by atoms with Crippen molar-refractivity contribution < 1.29 is 25.8 Å². The summed E-state index contributed by atoms with van der Waals surface area (Å²) in [6.07, 6.45) is 1.93. The van der Waals surface area contributed by atoms with E-state index in [-0.39, 0.29) is 48.1 Å². The van der Waals surface area contributed by atoms with Crippen molar-refractivity contribution in [1.29, 1.82) is 0 Å². The van der Waals surface area contributed by atoms with E-state index in [2.05, 4.69) is 288 Å². The van der Waals surface area contributed by atoms with Crippen LogP contribution < -0.4 is 14.5 Å². The van der Waals surface area contributed by atoms with E-state index in [0.29, 0.717) is 11.5 Å². The zero-order chi connectivity index (χ0) is 54.8. The number of para-hydroxylation sites is 2. The molecule has 402 valence electrons. The van der Waals surface area contributed by atoms with E-state index >= 15 is 0 Å². The van der Waals surface area contributed by atoms with Gasteiger partial charge in [0, 0.05) is 72.5 Å². The number of aromatic nitrogens is 2. The number of benzene rings is 8. The molecule has 0 saturated carbocycles. The molecule has 3 heterocycles. The predicted molar refractivity (Wildman–Crippen MR) is 327 cm³/mol. The van der Waals surface area contributed by atoms with Gasteiger partial charge in [-0.25, -0.2) is 4.98 Å². The Morgan fingerprint density at radius 2 is 1.05 bits per heavy atom. The molecule has 79 heavy (non-hydrogen) atoms. The van der Waals surface area contributed by atoms with Gasteiger partial charge in [-0.05, 0) is 131 Å². The summed E-state index contributed by atoms with van der Waals surface area (Å²) in [6, 6.07) is 67.7. The zero-order valence-corrected chi connectivity index (χ0v) is 50.5. The molecule has 0 bridgehead atoms. The van der Waals surface area contributed by atoms with Crippen LogP contribution in [0, 0.1) is 18.8 Å². The second-order valence-corrected chi connectivity index (χ2v) is 26.3. The van der Waals surface area contributed by atoms with E-state index in [4.69, 9.17) is 9.72 Å². The number of rotatable bonds is 8. The van der Waals surface area contributed by atoms with Crippen molar-refractivity contribution in [2.45, 2.75) is 124 Å². The van der Waals surface area contributed by atoms with Gasteiger partial charge in [0.05, 0.1) is 0 Å². The Labute approximate surface area is 483 Å². The molecule has 0 N–H and O–H groups in total. The minimum Gasteiger partial charge on any atom is -0.509 e. The first kappa shape index (κ1) is 53.8. The first-order valence-corrected chi connectivity index (χ1v) is 27.7. The van der Waals surface area contributed by atoms with Crippen LogP contribution >= 0.6 is 0 Å². The third-order valence-corrected chi connectivity index (χ3v) is 16.3. The zero-order valence-electron chi connectivity index (χ0n) is 48.3. The SMILES string of the molecule is CC(C)(C)c1cc(-c2cc(C(C)(C)C)cc(-c3cccc(-c4ccccc4)c3)c2N2[CH-]N(c3[c-]c(Oc4[c-]c5c6c(c4)C(C)(C)c4cccc(c46)n5-c4cc(C(C)(C)C)ccn4)ccc3)c3ccccc32)cc(C(C)(C)C)c1.[Pt]. The minimum atomic E-state index is -0.243. The number of nitrogens with zero attached hydrogens (tertiary/aromatic N) is 4. The summed E-state index contributed by atoms with van der Waals surface area (Å²) >= 11 is 0. The minimum absolute atomic E-state index is 0. The predicted octanol–water partition coefficient (Wildman–Crippen LogP) is 19.8. The molecule has 0 amide bonds. The van der Waals surface area contributed by atoms with Crippen LogP contribution in [-0.4, -0.2) is 9.55 Å². The van der Waals surface area contributed by atoms with Crippen molar-refractivity contribution in [2.24, 2.45) is 0 Å². The van der Waals surface area contributed by atoms with Gasteiger partial charge in [0.1, 0.15) is 5.82 Å². The van der Waals surface area contributed by atoms with Gasteiger partial charge in [-0.2, -0.15) is 6.07 Å². The van der Waals surface area contributed by atoms with Crippen LogP contribution in [0.15, 0.2) is 170 Å². The van der Waals surface area contributed by atoms with Crippen LogP contribution in [0.25, 0.3) is 61.0 Å². The monoisotopic (exact) mass is 1210 g/mol. The number of pyridine rings is 1. The van der Waals surface area contributed by atoms with Crippen molar-refractivity contribution in [3.05, 3.63) is 222 Å². The number of hydrogen-bond donors (Lipinski definition) is 0. The third-order valence-electron chi connectivity index (χ3n) is 16.3. The maximum Gasteiger partial charge on any atom is 0.135 e. The summed E-state index contributed by atoms with van der Waals surface area (Å²) < 4.78 is 9.27. The molecule has 1 aliphatic carbocycles. The van der Waals surface area contributed by atoms with Crippen LogP contribution in [0.1, 0.15) is 130 Å². The van der Waals surface area contributed by atoms with Gasteiger partial charge in [0.15, 0.2) is 0 Å². The van der Waals surface area contributed by atoms with Crippen molar-refractivity contribution in [3.8, 4) is 50.7 Å². The van der Waals surface area contributed by atoms with Crippen LogP contribution in [-0.2, 0) is 48.1 Å². The summed E-state index contributed by atoms with van der Waals surface area (Å²) in [5.41, 5.74) is 20.3. The molecule has 6 heteroatoms. The topological polar surface area (TPSA) is 33.5 Å². The van der Waals surface area contributed by atoms with Gasteiger partial charge in [-0.15, -0.1) is 48.3 Å². The summed E-state index contributed by atoms with van der Waals surface area (Å²) in [5, 5.41) is 2.47. The van der Waals surface area contributed by atoms with Gasteiger partial charge in [-0.1, -0.05) is 199 Å². The number of hydrogen-bond acceptors (Lipinski definition) is 4. The maximum atomic E-state index is 7.00. The van der Waals surface area contributed by atoms with Gasteiger partial charge >= 0.3 is 0 Å². The molecule has 2 aromatic heterocycles. The molecular weight excluding hydrogens is 1140 g/mol. The summed E-state index contributed by atoms with van der Waals surface area (Å²) in [4.78, 5) is 9.67. The molecule has 8 aromatic carbocycles. The van der Waals surface area contributed by atoms with Crippen LogP contribution in [0.3, 0.4) is 0 Å². The van der Waals surface area contributed by atoms with Gasteiger partial charge in [-0.3, -0.25) is 0 Å². The quantitative estimate of drug-likeness (QED) is 0.142. The molecule has 2 aliphatic rings. The average molecular weight is 1220 g/mol. The maximum absolute atomic E-state index is 7.00. The Bertz CT molecular complexity index is 3970. The van der Waals surface area contributed by atoms with E-state index in [1.165, 1.54) is 66.4 Å². The number of anilines is 4. The largest absolute Gasteiger partial charge is 0.509 e. The molecule has 0 atom stereocenters. The summed E-state index contributed by atoms with van der Waals surface area (Å²) in [7, 11) is 0. The standard InChI is InChI=1S/C73H71N4O.Pt/c1-69(2,3)50-33-34-74-65(41-50)77-63-32-22-29-59-66(63)67-60(73(59,13)14)43-56(44-64(67)77)78-55-28-21-27-54(42-55)75-45-76(62-31-19-18-30-61(62)75)68-57(48-26-20-25-47(35-48)46-23-16-15-17-24-46)39-53(72(10,11)12)40-58(68)49-36-51(70(4,5)6)38-52(37-49)71(7,8)9;/h15-41,43,45H,1-14H3;/q-3;. The van der Waals surface area contributed by atoms with Crippen molar-refractivity contribution in [1.82, 2.24) is 9.55 Å². The Hall–Kier alpha value is -7.20. The molecule has 1 aliphatic heterocycles. The van der Waals surface area contributed by atoms with Crippen molar-refractivity contribution in [3.63, 3.8) is 0 Å². The fourth-order valence-corrected chi connectivity index (χ4v) is 11.7. The van der Waals surface area contributed by atoms with E-state index in [1.807, 2.05) is 12.3 Å². The summed E-state index contributed by atoms with van der Waals surface area (Å²) in [6.45, 7) is 34.6. The molecule has 12 rings (SSSR count). The van der Waals surface area contributed by atoms with E-state index < -0.39 is 0 Å². The van der Waals surface area contributed by atoms with Gasteiger partial charge < -0.3 is 19.1 Å². The van der Waals surface area contributed by atoms with Crippen molar-refractivity contribution in [2.75, 3.05) is 9.80 Å². The molecule has 0 unspecified atom stereocenters. The Morgan fingerprint density at radius 3 is 1.72 bits per heavy atom. The van der Waals surface area contributed by atoms with E-state index in [9.17, 15) is 0 Å². The van der Waals surface area contributed by atoms with Crippen LogP contribution in [0.2, 0.25) is 0 Å². The first-order valence-electron chi connectivity index (χ1n) is 27.7. The Morgan fingerprint density at radius 1 is 0.468 bits per heavy atom. The molecule has 10 aromatic rings. The van der Waals surface area contributed by atoms with Crippen molar-refractivity contribution >= 4 is 44.6 Å². The molecule has 0 radical (unpaired) electrons. The van der Waals surface area contributed by atoms with E-state index in [0.717, 1.165) is 50.7 Å². The molecule has 5 nitrogen and oxygen atoms in total. The van der Waals surface area contributed by atoms with Gasteiger partial charge in [0.2, 0.25) is 0 Å². The summed E-state index contributed by atoms with van der Waals surface area (Å²) in [5.74, 6) is 2.12. The van der Waals surface area contributed by atoms with E-state index in [1.54, 1.807) is 0 Å². The number of fused-ring (bicyclic) bond motifs is 1. The number of ether oxygens (including phenoxy) is 1. The second-order valence-electron chi connectivity index (χ2n) is 26.3. The normalized spacial score (nSPS) is 14.1. The molecule has 0 spiro atoms. The molecule has 0 saturated heterocycles. The third kappa shape index (κ3) is 9.50. The molecular formula is C73H71N4OPt-3. The second kappa shape index (κ2) is 19.3. The van der Waals surface area contributed by atoms with Crippen LogP contribution in [0.4, 0.5) is 22.7 Å². The van der Waals surface area contributed by atoms with Gasteiger partial charge in [0.25, 0.3) is 0 Å².